The summed E-state index contributed by atoms with van der Waals surface area (Å²) in [6, 6.07) is 8.06. The fraction of sp³-hybridized carbons (Fsp3) is 0.423. The second-order valence-corrected chi connectivity index (χ2v) is 9.19. The molecule has 194 valence electrons. The zero-order valence-electron chi connectivity index (χ0n) is 20.2. The van der Waals surface area contributed by atoms with E-state index in [-0.39, 0.29) is 36.7 Å². The number of hydrogen-bond acceptors (Lipinski definition) is 4. The van der Waals surface area contributed by atoms with Gasteiger partial charge in [-0.05, 0) is 56.0 Å². The van der Waals surface area contributed by atoms with Gasteiger partial charge in [0.1, 0.15) is 29.4 Å². The standard InChI is InChI=1S/C26H30F2N4O3.ClH/c1-15(29-2)24(33)30-21(16-8-3-4-9-16)26(35)32-14-17-10-5-6-11-18(17)23(32)25(34)31-22-19(27)12-7-13-20(22)28;/h5-7,10-13,15-16,21,23,29H,3-4,8-9,14H2,1-2H3,(H,30,33)(H,31,34);1H/t15?,21?,23-;/m0./s1. The molecule has 0 spiro atoms. The molecule has 2 unspecified atom stereocenters. The molecule has 3 atom stereocenters. The third-order valence-electron chi connectivity index (χ3n) is 7.01. The summed E-state index contributed by atoms with van der Waals surface area (Å²) in [5, 5.41) is 8.11. The highest BCUT2D eigenvalue weighted by molar-refractivity contribution is 6.00. The van der Waals surface area contributed by atoms with Gasteiger partial charge >= 0.3 is 0 Å². The maximum atomic E-state index is 14.2. The topological polar surface area (TPSA) is 90.5 Å². The molecule has 1 aliphatic heterocycles. The minimum atomic E-state index is -1.08. The number of hydrogen-bond donors (Lipinski definition) is 3. The highest BCUT2D eigenvalue weighted by Crippen LogP contribution is 2.37. The van der Waals surface area contributed by atoms with Gasteiger partial charge < -0.3 is 20.9 Å². The largest absolute Gasteiger partial charge is 0.343 e. The monoisotopic (exact) mass is 520 g/mol. The van der Waals surface area contributed by atoms with Gasteiger partial charge in [0.15, 0.2) is 0 Å². The van der Waals surface area contributed by atoms with Gasteiger partial charge in [-0.3, -0.25) is 14.4 Å². The summed E-state index contributed by atoms with van der Waals surface area (Å²) in [4.78, 5) is 41.4. The summed E-state index contributed by atoms with van der Waals surface area (Å²) in [7, 11) is 1.66. The number of carbonyl (C=O) groups excluding carboxylic acids is 3. The molecule has 0 radical (unpaired) electrons. The fourth-order valence-electron chi connectivity index (χ4n) is 4.94. The summed E-state index contributed by atoms with van der Waals surface area (Å²) in [6.45, 7) is 1.87. The van der Waals surface area contributed by atoms with Crippen LogP contribution < -0.4 is 16.0 Å². The smallest absolute Gasteiger partial charge is 0.252 e. The van der Waals surface area contributed by atoms with Crippen LogP contribution in [0.3, 0.4) is 0 Å². The van der Waals surface area contributed by atoms with Crippen LogP contribution in [-0.2, 0) is 20.9 Å². The van der Waals surface area contributed by atoms with E-state index < -0.39 is 41.4 Å². The van der Waals surface area contributed by atoms with E-state index in [0.29, 0.717) is 5.56 Å². The van der Waals surface area contributed by atoms with Crippen molar-refractivity contribution in [2.45, 2.75) is 57.3 Å². The number of para-hydroxylation sites is 1. The molecular formula is C26H31ClF2N4O3. The SMILES string of the molecule is CNC(C)C(=O)NC(C(=O)N1Cc2ccccc2[C@H]1C(=O)Nc1c(F)cccc1F)C1CCCC1.Cl. The fourth-order valence-corrected chi connectivity index (χ4v) is 4.94. The van der Waals surface area contributed by atoms with Crippen LogP contribution in [0.1, 0.15) is 49.8 Å². The molecule has 2 aromatic carbocycles. The first-order valence-corrected chi connectivity index (χ1v) is 11.9. The van der Waals surface area contributed by atoms with Crippen LogP contribution in [0.2, 0.25) is 0 Å². The van der Waals surface area contributed by atoms with Crippen molar-refractivity contribution in [1.29, 1.82) is 0 Å². The Kier molecular flexibility index (Phi) is 9.03. The predicted molar refractivity (Wildman–Crippen MR) is 134 cm³/mol. The lowest BCUT2D eigenvalue weighted by Crippen LogP contribution is -2.55. The molecule has 10 heteroatoms. The summed E-state index contributed by atoms with van der Waals surface area (Å²) < 4.78 is 28.5. The molecule has 2 aliphatic rings. The van der Waals surface area contributed by atoms with E-state index in [4.69, 9.17) is 0 Å². The Morgan fingerprint density at radius 2 is 1.64 bits per heavy atom. The van der Waals surface area contributed by atoms with Crippen LogP contribution >= 0.6 is 12.4 Å². The molecule has 3 N–H and O–H groups in total. The summed E-state index contributed by atoms with van der Waals surface area (Å²) in [5.74, 6) is -3.25. The van der Waals surface area contributed by atoms with Crippen molar-refractivity contribution in [2.24, 2.45) is 5.92 Å². The molecule has 0 saturated heterocycles. The Bertz CT molecular complexity index is 1110. The third kappa shape index (κ3) is 5.52. The van der Waals surface area contributed by atoms with Gasteiger partial charge in [0.25, 0.3) is 5.91 Å². The van der Waals surface area contributed by atoms with Crippen molar-refractivity contribution in [1.82, 2.24) is 15.5 Å². The molecule has 0 aromatic heterocycles. The quantitative estimate of drug-likeness (QED) is 0.519. The van der Waals surface area contributed by atoms with Crippen molar-refractivity contribution in [3.63, 3.8) is 0 Å². The molecule has 4 rings (SSSR count). The highest BCUT2D eigenvalue weighted by Gasteiger charge is 2.44. The number of likely N-dealkylation sites (N-methyl/N-ethyl adjacent to an activating group) is 1. The van der Waals surface area contributed by atoms with E-state index in [1.807, 2.05) is 12.1 Å². The number of nitrogens with one attached hydrogen (secondary N) is 3. The van der Waals surface area contributed by atoms with E-state index in [2.05, 4.69) is 16.0 Å². The van der Waals surface area contributed by atoms with Gasteiger partial charge in [0.05, 0.1) is 6.04 Å². The van der Waals surface area contributed by atoms with Crippen molar-refractivity contribution < 1.29 is 23.2 Å². The summed E-state index contributed by atoms with van der Waals surface area (Å²) >= 11 is 0. The number of halogens is 3. The first kappa shape index (κ1) is 27.5. The molecule has 1 aliphatic carbocycles. The third-order valence-corrected chi connectivity index (χ3v) is 7.01. The van der Waals surface area contributed by atoms with Gasteiger partial charge in [-0.1, -0.05) is 43.2 Å². The van der Waals surface area contributed by atoms with Gasteiger partial charge in [-0.25, -0.2) is 8.78 Å². The van der Waals surface area contributed by atoms with E-state index >= 15 is 0 Å². The zero-order chi connectivity index (χ0) is 25.1. The van der Waals surface area contributed by atoms with Crippen LogP contribution in [0.4, 0.5) is 14.5 Å². The van der Waals surface area contributed by atoms with Crippen LogP contribution in [0.25, 0.3) is 0 Å². The normalized spacial score (nSPS) is 18.7. The molecule has 1 heterocycles. The Morgan fingerprint density at radius 3 is 2.28 bits per heavy atom. The van der Waals surface area contributed by atoms with E-state index in [1.165, 1.54) is 11.0 Å². The van der Waals surface area contributed by atoms with Gasteiger partial charge in [0.2, 0.25) is 11.8 Å². The lowest BCUT2D eigenvalue weighted by Gasteiger charge is -2.32. The Labute approximate surface area is 215 Å². The Hall–Kier alpha value is -3.04. The predicted octanol–water partition coefficient (Wildman–Crippen LogP) is 3.69. The van der Waals surface area contributed by atoms with E-state index in [1.54, 1.807) is 26.1 Å². The van der Waals surface area contributed by atoms with E-state index in [0.717, 1.165) is 43.4 Å². The Balaban J connectivity index is 0.00000361. The summed E-state index contributed by atoms with van der Waals surface area (Å²) in [6.07, 6.45) is 3.51. The van der Waals surface area contributed by atoms with Crippen molar-refractivity contribution in [3.05, 3.63) is 65.2 Å². The molecule has 1 saturated carbocycles. The minimum absolute atomic E-state index is 0. The first-order valence-electron chi connectivity index (χ1n) is 11.9. The second-order valence-electron chi connectivity index (χ2n) is 9.19. The van der Waals surface area contributed by atoms with Crippen LogP contribution in [-0.4, -0.2) is 41.8 Å². The zero-order valence-corrected chi connectivity index (χ0v) is 21.0. The van der Waals surface area contributed by atoms with Crippen molar-refractivity contribution >= 4 is 35.8 Å². The van der Waals surface area contributed by atoms with Gasteiger partial charge in [-0.2, -0.15) is 0 Å². The van der Waals surface area contributed by atoms with Crippen LogP contribution in [0, 0.1) is 17.6 Å². The van der Waals surface area contributed by atoms with Crippen LogP contribution in [0.5, 0.6) is 0 Å². The molecular weight excluding hydrogens is 490 g/mol. The molecule has 7 nitrogen and oxygen atoms in total. The maximum absolute atomic E-state index is 14.2. The van der Waals surface area contributed by atoms with Crippen molar-refractivity contribution in [3.8, 4) is 0 Å². The number of amides is 3. The first-order chi connectivity index (χ1) is 16.8. The van der Waals surface area contributed by atoms with Crippen molar-refractivity contribution in [2.75, 3.05) is 12.4 Å². The number of anilines is 1. The number of benzene rings is 2. The maximum Gasteiger partial charge on any atom is 0.252 e. The second kappa shape index (κ2) is 11.8. The average molecular weight is 521 g/mol. The van der Waals surface area contributed by atoms with Crippen LogP contribution in [0.15, 0.2) is 42.5 Å². The molecule has 0 bridgehead atoms. The summed E-state index contributed by atoms with van der Waals surface area (Å²) in [5.41, 5.74) is 0.808. The number of fused-ring (bicyclic) bond motifs is 1. The minimum Gasteiger partial charge on any atom is -0.343 e. The van der Waals surface area contributed by atoms with Gasteiger partial charge in [-0.15, -0.1) is 12.4 Å². The average Bonchev–Trinajstić information content (AvgIpc) is 3.52. The molecule has 36 heavy (non-hydrogen) atoms. The Morgan fingerprint density at radius 1 is 1.00 bits per heavy atom. The lowest BCUT2D eigenvalue weighted by molar-refractivity contribution is -0.143. The lowest BCUT2D eigenvalue weighted by atomic mass is 9.95. The number of rotatable bonds is 7. The molecule has 2 aromatic rings. The molecule has 3 amide bonds. The van der Waals surface area contributed by atoms with E-state index in [9.17, 15) is 23.2 Å². The number of nitrogens with zero attached hydrogens (tertiary/aromatic N) is 1. The highest BCUT2D eigenvalue weighted by atomic mass is 35.5. The number of carbonyl (C=O) groups is 3. The molecule has 1 fully saturated rings. The van der Waals surface area contributed by atoms with Gasteiger partial charge in [0, 0.05) is 6.54 Å².